The summed E-state index contributed by atoms with van der Waals surface area (Å²) in [5, 5.41) is 11.3. The molecule has 6 heteroatoms. The first-order valence-electron chi connectivity index (χ1n) is 6.10. The van der Waals surface area contributed by atoms with Crippen molar-refractivity contribution < 1.29 is 4.79 Å². The fourth-order valence-electron chi connectivity index (χ4n) is 1.71. The number of carbonyl (C=O) groups excluding carboxylic acids is 1. The van der Waals surface area contributed by atoms with Crippen LogP contribution in [0.1, 0.15) is 29.5 Å². The molecule has 1 aromatic carbocycles. The number of nitrogens with one attached hydrogen (secondary N) is 1. The second-order valence-electron chi connectivity index (χ2n) is 4.17. The van der Waals surface area contributed by atoms with Gasteiger partial charge in [-0.1, -0.05) is 29.8 Å². The van der Waals surface area contributed by atoms with E-state index >= 15 is 0 Å². The van der Waals surface area contributed by atoms with Gasteiger partial charge in [0.2, 0.25) is 0 Å². The highest BCUT2D eigenvalue weighted by molar-refractivity contribution is 6.30. The van der Waals surface area contributed by atoms with Gasteiger partial charge in [0, 0.05) is 11.6 Å². The van der Waals surface area contributed by atoms with Gasteiger partial charge >= 0.3 is 0 Å². The van der Waals surface area contributed by atoms with E-state index < -0.39 is 0 Å². The Labute approximate surface area is 116 Å². The summed E-state index contributed by atoms with van der Waals surface area (Å²) in [6.45, 7) is 4.43. The fraction of sp³-hybridized carbons (Fsp3) is 0.308. The van der Waals surface area contributed by atoms with Crippen molar-refractivity contribution in [3.8, 4) is 5.69 Å². The first kappa shape index (κ1) is 13.5. The van der Waals surface area contributed by atoms with Crippen LogP contribution in [0.5, 0.6) is 0 Å². The zero-order chi connectivity index (χ0) is 13.8. The minimum atomic E-state index is -0.201. The number of hydrogen-bond donors (Lipinski definition) is 1. The predicted molar refractivity (Wildman–Crippen MR) is 73.7 cm³/mol. The van der Waals surface area contributed by atoms with Crippen LogP contribution >= 0.6 is 11.6 Å². The van der Waals surface area contributed by atoms with Crippen LogP contribution in [0, 0.1) is 6.92 Å². The minimum Gasteiger partial charge on any atom is -0.351 e. The van der Waals surface area contributed by atoms with E-state index in [2.05, 4.69) is 15.6 Å². The van der Waals surface area contributed by atoms with Gasteiger partial charge in [0.25, 0.3) is 5.91 Å². The summed E-state index contributed by atoms with van der Waals surface area (Å²) in [5.41, 5.74) is 1.82. The molecule has 0 spiro atoms. The molecular formula is C13H15ClN4O. The van der Waals surface area contributed by atoms with Crippen LogP contribution in [0.2, 0.25) is 5.02 Å². The van der Waals surface area contributed by atoms with Crippen molar-refractivity contribution >= 4 is 17.5 Å². The average Bonchev–Trinajstić information content (AvgIpc) is 2.78. The second kappa shape index (κ2) is 5.84. The van der Waals surface area contributed by atoms with Crippen molar-refractivity contribution in [3.05, 3.63) is 40.7 Å². The molecule has 1 amide bonds. The van der Waals surface area contributed by atoms with E-state index in [1.54, 1.807) is 16.8 Å². The van der Waals surface area contributed by atoms with E-state index in [0.717, 1.165) is 12.1 Å². The number of benzene rings is 1. The van der Waals surface area contributed by atoms with Crippen LogP contribution in [0.25, 0.3) is 5.69 Å². The standard InChI is InChI=1S/C13H15ClN4O/c1-3-7-15-13(19)12-9(2)18(17-16-12)11-6-4-5-10(14)8-11/h4-6,8H,3,7H2,1-2H3,(H,15,19). The fourth-order valence-corrected chi connectivity index (χ4v) is 1.90. The lowest BCUT2D eigenvalue weighted by Crippen LogP contribution is -2.25. The minimum absolute atomic E-state index is 0.201. The molecule has 1 aromatic heterocycles. The van der Waals surface area contributed by atoms with Crippen LogP contribution < -0.4 is 5.32 Å². The first-order chi connectivity index (χ1) is 9.13. The highest BCUT2D eigenvalue weighted by Crippen LogP contribution is 2.16. The smallest absolute Gasteiger partial charge is 0.273 e. The van der Waals surface area contributed by atoms with Crippen LogP contribution in [-0.4, -0.2) is 27.4 Å². The third kappa shape index (κ3) is 2.93. The van der Waals surface area contributed by atoms with Gasteiger partial charge in [-0.15, -0.1) is 5.10 Å². The van der Waals surface area contributed by atoms with E-state index in [1.165, 1.54) is 0 Å². The van der Waals surface area contributed by atoms with Gasteiger partial charge in [0.05, 0.1) is 11.4 Å². The highest BCUT2D eigenvalue weighted by Gasteiger charge is 2.16. The molecule has 0 radical (unpaired) electrons. The quantitative estimate of drug-likeness (QED) is 0.934. The van der Waals surface area contributed by atoms with Crippen LogP contribution in [0.15, 0.2) is 24.3 Å². The predicted octanol–water partition coefficient (Wildman–Crippen LogP) is 2.37. The van der Waals surface area contributed by atoms with Crippen molar-refractivity contribution in [1.29, 1.82) is 0 Å². The molecule has 1 N–H and O–H groups in total. The van der Waals surface area contributed by atoms with Gasteiger partial charge in [0.1, 0.15) is 0 Å². The maximum atomic E-state index is 11.9. The summed E-state index contributed by atoms with van der Waals surface area (Å²) in [6, 6.07) is 7.25. The van der Waals surface area contributed by atoms with Crippen molar-refractivity contribution in [3.63, 3.8) is 0 Å². The molecule has 0 aliphatic rings. The summed E-state index contributed by atoms with van der Waals surface area (Å²) in [5.74, 6) is -0.201. The maximum absolute atomic E-state index is 11.9. The van der Waals surface area contributed by atoms with E-state index in [4.69, 9.17) is 11.6 Å². The molecule has 0 fully saturated rings. The molecule has 2 aromatic rings. The van der Waals surface area contributed by atoms with Gasteiger partial charge < -0.3 is 5.32 Å². The molecule has 0 aliphatic heterocycles. The number of rotatable bonds is 4. The summed E-state index contributed by atoms with van der Waals surface area (Å²) in [4.78, 5) is 11.9. The summed E-state index contributed by atoms with van der Waals surface area (Å²) < 4.78 is 1.60. The Hall–Kier alpha value is -1.88. The molecule has 100 valence electrons. The lowest BCUT2D eigenvalue weighted by atomic mass is 10.3. The number of hydrogen-bond acceptors (Lipinski definition) is 3. The van der Waals surface area contributed by atoms with Crippen molar-refractivity contribution in [2.45, 2.75) is 20.3 Å². The first-order valence-corrected chi connectivity index (χ1v) is 6.47. The Balaban J connectivity index is 2.30. The average molecular weight is 279 g/mol. The summed E-state index contributed by atoms with van der Waals surface area (Å²) in [7, 11) is 0. The normalized spacial score (nSPS) is 10.5. The third-order valence-corrected chi connectivity index (χ3v) is 2.93. The van der Waals surface area contributed by atoms with Crippen molar-refractivity contribution in [2.75, 3.05) is 6.54 Å². The van der Waals surface area contributed by atoms with Gasteiger partial charge in [-0.2, -0.15) is 0 Å². The SMILES string of the molecule is CCCNC(=O)c1nnn(-c2cccc(Cl)c2)c1C. The van der Waals surface area contributed by atoms with E-state index in [0.29, 0.717) is 23.0 Å². The van der Waals surface area contributed by atoms with Gasteiger partial charge in [-0.25, -0.2) is 4.68 Å². The van der Waals surface area contributed by atoms with Gasteiger partial charge in [-0.05, 0) is 31.5 Å². The molecule has 19 heavy (non-hydrogen) atoms. The van der Waals surface area contributed by atoms with Crippen molar-refractivity contribution in [1.82, 2.24) is 20.3 Å². The number of halogens is 1. The van der Waals surface area contributed by atoms with Gasteiger partial charge in [-0.3, -0.25) is 4.79 Å². The number of aromatic nitrogens is 3. The molecular weight excluding hydrogens is 264 g/mol. The largest absolute Gasteiger partial charge is 0.351 e. The molecule has 1 heterocycles. The third-order valence-electron chi connectivity index (χ3n) is 2.70. The Morgan fingerprint density at radius 1 is 1.47 bits per heavy atom. The number of carbonyl (C=O) groups is 1. The van der Waals surface area contributed by atoms with Crippen LogP contribution in [-0.2, 0) is 0 Å². The Morgan fingerprint density at radius 2 is 2.26 bits per heavy atom. The van der Waals surface area contributed by atoms with Gasteiger partial charge in [0.15, 0.2) is 5.69 Å². The molecule has 0 bridgehead atoms. The van der Waals surface area contributed by atoms with E-state index in [-0.39, 0.29) is 5.91 Å². The monoisotopic (exact) mass is 278 g/mol. The second-order valence-corrected chi connectivity index (χ2v) is 4.61. The maximum Gasteiger partial charge on any atom is 0.273 e. The van der Waals surface area contributed by atoms with E-state index in [1.807, 2.05) is 26.0 Å². The summed E-state index contributed by atoms with van der Waals surface area (Å²) >= 11 is 5.94. The van der Waals surface area contributed by atoms with Crippen LogP contribution in [0.3, 0.4) is 0 Å². The molecule has 0 saturated carbocycles. The topological polar surface area (TPSA) is 59.8 Å². The number of nitrogens with zero attached hydrogens (tertiary/aromatic N) is 3. The Morgan fingerprint density at radius 3 is 2.95 bits per heavy atom. The highest BCUT2D eigenvalue weighted by atomic mass is 35.5. The lowest BCUT2D eigenvalue weighted by Gasteiger charge is -2.04. The Bertz CT molecular complexity index is 594. The summed E-state index contributed by atoms with van der Waals surface area (Å²) in [6.07, 6.45) is 0.882. The number of amides is 1. The molecule has 2 rings (SSSR count). The Kier molecular flexibility index (Phi) is 4.16. The molecule has 0 unspecified atom stereocenters. The van der Waals surface area contributed by atoms with Crippen LogP contribution in [0.4, 0.5) is 0 Å². The van der Waals surface area contributed by atoms with E-state index in [9.17, 15) is 4.79 Å². The zero-order valence-corrected chi connectivity index (χ0v) is 11.6. The molecule has 5 nitrogen and oxygen atoms in total. The van der Waals surface area contributed by atoms with Crippen molar-refractivity contribution in [2.24, 2.45) is 0 Å². The molecule has 0 atom stereocenters. The molecule has 0 aliphatic carbocycles. The lowest BCUT2D eigenvalue weighted by molar-refractivity contribution is 0.0948. The molecule has 0 saturated heterocycles. The zero-order valence-electron chi connectivity index (χ0n) is 10.9.